The molecule has 0 unspecified atom stereocenters. The van der Waals surface area contributed by atoms with Gasteiger partial charge in [0.2, 0.25) is 11.8 Å². The number of nitrogens with two attached hydrogens (primary N) is 1. The summed E-state index contributed by atoms with van der Waals surface area (Å²) in [4.78, 5) is 38.0. The van der Waals surface area contributed by atoms with Gasteiger partial charge in [-0.3, -0.25) is 14.4 Å². The van der Waals surface area contributed by atoms with Crippen LogP contribution in [0.4, 0.5) is 0 Å². The van der Waals surface area contributed by atoms with Crippen LogP contribution in [0.3, 0.4) is 0 Å². The Bertz CT molecular complexity index is 603. The van der Waals surface area contributed by atoms with Crippen LogP contribution in [0.1, 0.15) is 31.7 Å². The van der Waals surface area contributed by atoms with Crippen LogP contribution in [0.25, 0.3) is 0 Å². The second-order valence-electron chi connectivity index (χ2n) is 6.50. The Kier molecular flexibility index (Phi) is 7.13. The van der Waals surface area contributed by atoms with Crippen molar-refractivity contribution in [3.8, 4) is 0 Å². The summed E-state index contributed by atoms with van der Waals surface area (Å²) in [6.07, 6.45) is 3.23. The molecule has 135 valence electrons. The predicted molar refractivity (Wildman–Crippen MR) is 95.2 cm³/mol. The van der Waals surface area contributed by atoms with E-state index in [1.54, 1.807) is 11.8 Å². The van der Waals surface area contributed by atoms with Crippen molar-refractivity contribution in [2.75, 3.05) is 13.1 Å². The Morgan fingerprint density at radius 3 is 2.76 bits per heavy atom. The maximum absolute atomic E-state index is 12.8. The van der Waals surface area contributed by atoms with E-state index in [0.29, 0.717) is 13.0 Å². The highest BCUT2D eigenvalue weighted by molar-refractivity contribution is 5.93. The fourth-order valence-corrected chi connectivity index (χ4v) is 2.87. The molecule has 0 aliphatic carbocycles. The van der Waals surface area contributed by atoms with Gasteiger partial charge in [-0.2, -0.15) is 0 Å². The van der Waals surface area contributed by atoms with E-state index in [1.807, 2.05) is 30.3 Å². The summed E-state index contributed by atoms with van der Waals surface area (Å²) in [5.74, 6) is -1.04. The molecule has 0 saturated carbocycles. The first-order valence-corrected chi connectivity index (χ1v) is 8.69. The van der Waals surface area contributed by atoms with Crippen LogP contribution in [0.5, 0.6) is 0 Å². The first kappa shape index (κ1) is 19.1. The molecular formula is C19H26N3O3. The number of hydrogen-bond acceptors (Lipinski definition) is 4. The summed E-state index contributed by atoms with van der Waals surface area (Å²) >= 11 is 0. The van der Waals surface area contributed by atoms with Gasteiger partial charge in [0.05, 0.1) is 19.0 Å². The van der Waals surface area contributed by atoms with Crippen LogP contribution in [-0.2, 0) is 20.9 Å². The van der Waals surface area contributed by atoms with E-state index >= 15 is 0 Å². The summed E-state index contributed by atoms with van der Waals surface area (Å²) in [6, 6.07) is 9.16. The number of nitrogens with zero attached hydrogens (tertiary/aromatic N) is 1. The van der Waals surface area contributed by atoms with Crippen LogP contribution in [0.15, 0.2) is 30.3 Å². The van der Waals surface area contributed by atoms with Gasteiger partial charge in [-0.05, 0) is 31.4 Å². The standard InChI is InChI=1S/C19H26N3O3/c1-14(19(20)25)9-10-18(24)22(13-15-6-3-2-4-7-15)16-8-5-11-21-12-17(16)23/h2-4,6-7,10,14,16,21H,5,8-9,11-13H2,1H3,(H2,20,25)/t14-,16+/m0/s1. The molecule has 0 spiro atoms. The number of carbonyl (C=O) groups excluding carboxylic acids is 3. The zero-order valence-corrected chi connectivity index (χ0v) is 14.6. The zero-order chi connectivity index (χ0) is 18.2. The molecule has 6 nitrogen and oxygen atoms in total. The fourth-order valence-electron chi connectivity index (χ4n) is 2.87. The summed E-state index contributed by atoms with van der Waals surface area (Å²) in [5, 5.41) is 3.09. The lowest BCUT2D eigenvalue weighted by atomic mass is 10.0. The van der Waals surface area contributed by atoms with Gasteiger partial charge in [-0.1, -0.05) is 37.3 Å². The number of primary amides is 1. The van der Waals surface area contributed by atoms with E-state index in [2.05, 4.69) is 5.32 Å². The van der Waals surface area contributed by atoms with Crippen molar-refractivity contribution < 1.29 is 14.4 Å². The summed E-state index contributed by atoms with van der Waals surface area (Å²) in [6.45, 7) is 3.12. The second-order valence-corrected chi connectivity index (χ2v) is 6.50. The van der Waals surface area contributed by atoms with Gasteiger partial charge in [0, 0.05) is 12.5 Å². The van der Waals surface area contributed by atoms with Crippen molar-refractivity contribution in [3.63, 3.8) is 0 Å². The van der Waals surface area contributed by atoms with E-state index in [-0.39, 0.29) is 24.7 Å². The van der Waals surface area contributed by atoms with Gasteiger partial charge in [0.15, 0.2) is 5.78 Å². The van der Waals surface area contributed by atoms with Crippen molar-refractivity contribution in [1.29, 1.82) is 0 Å². The highest BCUT2D eigenvalue weighted by atomic mass is 16.2. The molecule has 3 N–H and O–H groups in total. The second kappa shape index (κ2) is 9.32. The Balaban J connectivity index is 2.14. The molecule has 6 heteroatoms. The Morgan fingerprint density at radius 1 is 1.36 bits per heavy atom. The quantitative estimate of drug-likeness (QED) is 0.773. The average Bonchev–Trinajstić information content (AvgIpc) is 2.82. The molecular weight excluding hydrogens is 318 g/mol. The third-order valence-corrected chi connectivity index (χ3v) is 4.49. The summed E-state index contributed by atoms with van der Waals surface area (Å²) < 4.78 is 0. The molecule has 0 aromatic heterocycles. The molecule has 0 bridgehead atoms. The normalized spacial score (nSPS) is 19.1. The topological polar surface area (TPSA) is 92.5 Å². The Labute approximate surface area is 148 Å². The Morgan fingerprint density at radius 2 is 2.08 bits per heavy atom. The van der Waals surface area contributed by atoms with Crippen LogP contribution in [0.2, 0.25) is 0 Å². The first-order chi connectivity index (χ1) is 12.0. The van der Waals surface area contributed by atoms with Gasteiger partial charge in [0.25, 0.3) is 0 Å². The number of Topliss-reactive ketones (excluding diaryl/α,β-unsaturated/α-hetero) is 1. The third kappa shape index (κ3) is 5.67. The smallest absolute Gasteiger partial charge is 0.227 e. The van der Waals surface area contributed by atoms with Crippen LogP contribution < -0.4 is 11.1 Å². The van der Waals surface area contributed by atoms with Crippen molar-refractivity contribution in [1.82, 2.24) is 10.2 Å². The van der Waals surface area contributed by atoms with Crippen LogP contribution in [0, 0.1) is 12.3 Å². The molecule has 1 aliphatic heterocycles. The van der Waals surface area contributed by atoms with Gasteiger partial charge in [0.1, 0.15) is 0 Å². The number of rotatable bonds is 7. The van der Waals surface area contributed by atoms with Crippen molar-refractivity contribution in [3.05, 3.63) is 42.3 Å². The first-order valence-electron chi connectivity index (χ1n) is 8.69. The van der Waals surface area contributed by atoms with Gasteiger partial charge in [-0.25, -0.2) is 0 Å². The van der Waals surface area contributed by atoms with Crippen LogP contribution >= 0.6 is 0 Å². The van der Waals surface area contributed by atoms with Crippen molar-refractivity contribution >= 4 is 17.6 Å². The molecule has 2 rings (SSSR count). The third-order valence-electron chi connectivity index (χ3n) is 4.49. The minimum Gasteiger partial charge on any atom is -0.369 e. The number of ketones is 1. The molecule has 1 heterocycles. The number of benzene rings is 1. The molecule has 2 atom stereocenters. The minimum absolute atomic E-state index is 0.0260. The molecule has 1 aromatic rings. The monoisotopic (exact) mass is 344 g/mol. The highest BCUT2D eigenvalue weighted by Gasteiger charge is 2.30. The lowest BCUT2D eigenvalue weighted by Crippen LogP contribution is -2.46. The number of hydrogen-bond donors (Lipinski definition) is 2. The molecule has 1 fully saturated rings. The van der Waals surface area contributed by atoms with E-state index in [9.17, 15) is 14.4 Å². The summed E-state index contributed by atoms with van der Waals surface area (Å²) in [5.41, 5.74) is 6.23. The van der Waals surface area contributed by atoms with Crippen molar-refractivity contribution in [2.45, 2.75) is 38.8 Å². The maximum Gasteiger partial charge on any atom is 0.227 e. The lowest BCUT2D eigenvalue weighted by molar-refractivity contribution is -0.137. The van der Waals surface area contributed by atoms with E-state index in [4.69, 9.17) is 5.73 Å². The predicted octanol–water partition coefficient (Wildman–Crippen LogP) is 1.05. The summed E-state index contributed by atoms with van der Waals surface area (Å²) in [7, 11) is 0. The van der Waals surface area contributed by atoms with Crippen LogP contribution in [-0.4, -0.2) is 41.6 Å². The maximum atomic E-state index is 12.8. The van der Waals surface area contributed by atoms with Gasteiger partial charge >= 0.3 is 0 Å². The minimum atomic E-state index is -0.442. The SMILES string of the molecule is C[C@@H](C[CH]C(=O)N(Cc1ccccc1)[C@@H]1CCCNCC1=O)C(N)=O. The zero-order valence-electron chi connectivity index (χ0n) is 14.6. The van der Waals surface area contributed by atoms with Gasteiger partial charge in [-0.15, -0.1) is 0 Å². The molecule has 1 saturated heterocycles. The largest absolute Gasteiger partial charge is 0.369 e. The molecule has 2 amide bonds. The number of carbonyl (C=O) groups is 3. The highest BCUT2D eigenvalue weighted by Crippen LogP contribution is 2.18. The molecule has 1 aliphatic rings. The number of amides is 2. The lowest BCUT2D eigenvalue weighted by Gasteiger charge is -2.30. The van der Waals surface area contributed by atoms with E-state index in [0.717, 1.165) is 18.5 Å². The van der Waals surface area contributed by atoms with E-state index in [1.165, 1.54) is 6.42 Å². The Hall–Kier alpha value is -2.21. The fraction of sp³-hybridized carbons (Fsp3) is 0.474. The molecule has 1 radical (unpaired) electrons. The molecule has 25 heavy (non-hydrogen) atoms. The van der Waals surface area contributed by atoms with Gasteiger partial charge < -0.3 is 16.0 Å². The van der Waals surface area contributed by atoms with Crippen molar-refractivity contribution in [2.24, 2.45) is 11.7 Å². The number of nitrogens with one attached hydrogen (secondary N) is 1. The molecule has 1 aromatic carbocycles. The average molecular weight is 344 g/mol. The van der Waals surface area contributed by atoms with E-state index < -0.39 is 17.9 Å².